The Bertz CT molecular complexity index is 1020. The van der Waals surface area contributed by atoms with Crippen molar-refractivity contribution in [2.45, 2.75) is 6.10 Å². The van der Waals surface area contributed by atoms with Crippen molar-refractivity contribution < 1.29 is 19.1 Å². The number of nitrogens with zero attached hydrogens (tertiary/aromatic N) is 1. The molecule has 1 atom stereocenters. The molecule has 1 heterocycles. The second-order valence-corrected chi connectivity index (χ2v) is 6.30. The number of amides is 2. The lowest BCUT2D eigenvalue weighted by atomic mass is 10.1. The fourth-order valence-electron chi connectivity index (χ4n) is 3.07. The Labute approximate surface area is 162 Å². The van der Waals surface area contributed by atoms with E-state index in [0.29, 0.717) is 28.5 Å². The molecule has 3 aromatic rings. The Morgan fingerprint density at radius 2 is 1.61 bits per heavy atom. The van der Waals surface area contributed by atoms with Gasteiger partial charge in [0.1, 0.15) is 17.2 Å². The summed E-state index contributed by atoms with van der Waals surface area (Å²) in [5, 5.41) is 0. The van der Waals surface area contributed by atoms with Gasteiger partial charge in [0.2, 0.25) is 0 Å². The van der Waals surface area contributed by atoms with Gasteiger partial charge in [-0.1, -0.05) is 42.5 Å². The highest BCUT2D eigenvalue weighted by atomic mass is 16.5. The minimum atomic E-state index is -0.916. The third-order valence-corrected chi connectivity index (χ3v) is 4.42. The van der Waals surface area contributed by atoms with Crippen LogP contribution in [-0.2, 0) is 4.79 Å². The second kappa shape index (κ2) is 7.44. The third-order valence-electron chi connectivity index (χ3n) is 4.42. The summed E-state index contributed by atoms with van der Waals surface area (Å²) in [6.07, 6.45) is -0.916. The maximum absolute atomic E-state index is 13.4. The topological polar surface area (TPSA) is 81.9 Å². The molecule has 1 unspecified atom stereocenters. The molecule has 6 nitrogen and oxygen atoms in total. The first kappa shape index (κ1) is 17.6. The highest BCUT2D eigenvalue weighted by molar-refractivity contribution is 6.09. The van der Waals surface area contributed by atoms with Crippen LogP contribution in [0.3, 0.4) is 0 Å². The van der Waals surface area contributed by atoms with Gasteiger partial charge < -0.3 is 20.1 Å². The Morgan fingerprint density at radius 1 is 0.929 bits per heavy atom. The van der Waals surface area contributed by atoms with Gasteiger partial charge in [-0.2, -0.15) is 0 Å². The van der Waals surface area contributed by atoms with Gasteiger partial charge in [-0.15, -0.1) is 0 Å². The van der Waals surface area contributed by atoms with E-state index in [4.69, 9.17) is 15.2 Å². The maximum Gasteiger partial charge on any atom is 0.262 e. The highest BCUT2D eigenvalue weighted by Gasteiger charge is 2.34. The van der Waals surface area contributed by atoms with Crippen LogP contribution in [0, 0.1) is 0 Å². The maximum atomic E-state index is 13.4. The van der Waals surface area contributed by atoms with Crippen molar-refractivity contribution >= 4 is 17.5 Å². The van der Waals surface area contributed by atoms with Crippen LogP contribution in [0.25, 0.3) is 0 Å². The molecule has 0 radical (unpaired) electrons. The highest BCUT2D eigenvalue weighted by Crippen LogP contribution is 2.35. The quantitative estimate of drug-likeness (QED) is 0.759. The van der Waals surface area contributed by atoms with Crippen LogP contribution < -0.4 is 20.1 Å². The minimum absolute atomic E-state index is 0.0326. The number of anilines is 1. The first-order valence-corrected chi connectivity index (χ1v) is 8.82. The Hall–Kier alpha value is -3.80. The van der Waals surface area contributed by atoms with E-state index in [9.17, 15) is 9.59 Å². The van der Waals surface area contributed by atoms with Crippen LogP contribution in [0.5, 0.6) is 17.2 Å². The van der Waals surface area contributed by atoms with Gasteiger partial charge in [0.15, 0.2) is 6.10 Å². The molecule has 140 valence electrons. The molecule has 3 aromatic carbocycles. The molecule has 2 N–H and O–H groups in total. The number of carbonyl (C=O) groups is 2. The van der Waals surface area contributed by atoms with Crippen LogP contribution >= 0.6 is 0 Å². The molecule has 0 saturated heterocycles. The monoisotopic (exact) mass is 374 g/mol. The Balaban J connectivity index is 1.71. The summed E-state index contributed by atoms with van der Waals surface area (Å²) in [4.78, 5) is 26.6. The summed E-state index contributed by atoms with van der Waals surface area (Å²) in [6.45, 7) is 0.0326. The van der Waals surface area contributed by atoms with E-state index in [-0.39, 0.29) is 12.5 Å². The van der Waals surface area contributed by atoms with Crippen molar-refractivity contribution in [3.63, 3.8) is 0 Å². The van der Waals surface area contributed by atoms with Gasteiger partial charge in [0.05, 0.1) is 17.8 Å². The lowest BCUT2D eigenvalue weighted by molar-refractivity contribution is -0.124. The normalized spacial score (nSPS) is 15.3. The molecular formula is C22H18N2O4. The fourth-order valence-corrected chi connectivity index (χ4v) is 3.07. The molecule has 0 aliphatic carbocycles. The van der Waals surface area contributed by atoms with Gasteiger partial charge >= 0.3 is 0 Å². The van der Waals surface area contributed by atoms with Crippen LogP contribution in [0.1, 0.15) is 10.4 Å². The number of rotatable bonds is 4. The predicted molar refractivity (Wildman–Crippen MR) is 105 cm³/mol. The van der Waals surface area contributed by atoms with E-state index < -0.39 is 12.0 Å². The Morgan fingerprint density at radius 3 is 2.39 bits per heavy atom. The number of nitrogens with two attached hydrogens (primary N) is 1. The fraction of sp³-hybridized carbons (Fsp3) is 0.0909. The van der Waals surface area contributed by atoms with E-state index in [2.05, 4.69) is 0 Å². The standard InChI is InChI=1S/C22H18N2O4/c23-21(25)20-14-24(17-11-5-7-13-19(17)28-20)22(26)16-10-4-6-12-18(16)27-15-8-2-1-3-9-15/h1-13,20H,14H2,(H2,23,25). The zero-order chi connectivity index (χ0) is 19.5. The summed E-state index contributed by atoms with van der Waals surface area (Å²) in [5.74, 6) is 0.570. The van der Waals surface area contributed by atoms with Crippen molar-refractivity contribution in [1.82, 2.24) is 0 Å². The Kier molecular flexibility index (Phi) is 4.68. The average Bonchev–Trinajstić information content (AvgIpc) is 2.73. The molecule has 0 saturated carbocycles. The van der Waals surface area contributed by atoms with E-state index in [1.165, 1.54) is 4.90 Å². The molecule has 2 amide bonds. The molecule has 0 aromatic heterocycles. The molecular weight excluding hydrogens is 356 g/mol. The van der Waals surface area contributed by atoms with Crippen LogP contribution in [-0.4, -0.2) is 24.5 Å². The van der Waals surface area contributed by atoms with Crippen molar-refractivity contribution in [1.29, 1.82) is 0 Å². The van der Waals surface area contributed by atoms with Crippen LogP contribution in [0.2, 0.25) is 0 Å². The van der Waals surface area contributed by atoms with Gasteiger partial charge in [0.25, 0.3) is 11.8 Å². The summed E-state index contributed by atoms with van der Waals surface area (Å²) in [7, 11) is 0. The number of benzene rings is 3. The van der Waals surface area contributed by atoms with Gasteiger partial charge in [-0.05, 0) is 36.4 Å². The first-order valence-electron chi connectivity index (χ1n) is 8.82. The van der Waals surface area contributed by atoms with E-state index in [1.807, 2.05) is 30.3 Å². The number of ether oxygens (including phenoxy) is 2. The molecule has 0 fully saturated rings. The molecule has 1 aliphatic rings. The van der Waals surface area contributed by atoms with Crippen molar-refractivity contribution in [2.24, 2.45) is 5.73 Å². The molecule has 0 spiro atoms. The molecule has 28 heavy (non-hydrogen) atoms. The van der Waals surface area contributed by atoms with Crippen molar-refractivity contribution in [3.8, 4) is 17.2 Å². The lowest BCUT2D eigenvalue weighted by Gasteiger charge is -2.33. The summed E-state index contributed by atoms with van der Waals surface area (Å²) in [6, 6.07) is 23.3. The van der Waals surface area contributed by atoms with Gasteiger partial charge in [-0.25, -0.2) is 0 Å². The zero-order valence-corrected chi connectivity index (χ0v) is 14.9. The lowest BCUT2D eigenvalue weighted by Crippen LogP contribution is -2.49. The number of para-hydroxylation sites is 4. The number of primary amides is 1. The first-order chi connectivity index (χ1) is 13.6. The molecule has 6 heteroatoms. The number of hydrogen-bond acceptors (Lipinski definition) is 4. The van der Waals surface area contributed by atoms with Crippen molar-refractivity contribution in [3.05, 3.63) is 84.4 Å². The van der Waals surface area contributed by atoms with Gasteiger partial charge in [0, 0.05) is 0 Å². The van der Waals surface area contributed by atoms with E-state index in [0.717, 1.165) is 0 Å². The molecule has 4 rings (SSSR count). The number of fused-ring (bicyclic) bond motifs is 1. The molecule has 1 aliphatic heterocycles. The minimum Gasteiger partial charge on any atom is -0.477 e. The van der Waals surface area contributed by atoms with Crippen LogP contribution in [0.4, 0.5) is 5.69 Å². The SMILES string of the molecule is NC(=O)C1CN(C(=O)c2ccccc2Oc2ccccc2)c2ccccc2O1. The zero-order valence-electron chi connectivity index (χ0n) is 14.9. The third kappa shape index (κ3) is 3.40. The number of hydrogen-bond donors (Lipinski definition) is 1. The number of carbonyl (C=O) groups excluding carboxylic acids is 2. The van der Waals surface area contributed by atoms with E-state index >= 15 is 0 Å². The average molecular weight is 374 g/mol. The molecule has 0 bridgehead atoms. The summed E-state index contributed by atoms with van der Waals surface area (Å²) >= 11 is 0. The van der Waals surface area contributed by atoms with Crippen LogP contribution in [0.15, 0.2) is 78.9 Å². The van der Waals surface area contributed by atoms with Crippen molar-refractivity contribution in [2.75, 3.05) is 11.4 Å². The summed E-state index contributed by atoms with van der Waals surface area (Å²) < 4.78 is 11.5. The van der Waals surface area contributed by atoms with Gasteiger partial charge in [-0.3, -0.25) is 9.59 Å². The summed E-state index contributed by atoms with van der Waals surface area (Å²) in [5.41, 5.74) is 6.39. The predicted octanol–water partition coefficient (Wildman–Crippen LogP) is 3.37. The second-order valence-electron chi connectivity index (χ2n) is 6.30. The van der Waals surface area contributed by atoms with E-state index in [1.54, 1.807) is 48.5 Å². The smallest absolute Gasteiger partial charge is 0.262 e. The largest absolute Gasteiger partial charge is 0.477 e.